The van der Waals surface area contributed by atoms with Gasteiger partial charge >= 0.3 is 0 Å². The van der Waals surface area contributed by atoms with E-state index in [-0.39, 0.29) is 18.4 Å². The van der Waals surface area contributed by atoms with Crippen molar-refractivity contribution in [3.63, 3.8) is 0 Å². The maximum atomic E-state index is 13.1. The molecule has 3 aromatic heterocycles. The summed E-state index contributed by atoms with van der Waals surface area (Å²) in [5.74, 6) is -0.116. The van der Waals surface area contributed by atoms with Crippen LogP contribution in [0.5, 0.6) is 0 Å². The first kappa shape index (κ1) is 21.8. The molecule has 2 unspecified atom stereocenters. The molecule has 0 aliphatic carbocycles. The van der Waals surface area contributed by atoms with Crippen molar-refractivity contribution in [2.24, 2.45) is 0 Å². The molecule has 0 aliphatic heterocycles. The molecule has 0 fully saturated rings. The van der Waals surface area contributed by atoms with Gasteiger partial charge in [0.1, 0.15) is 22.7 Å². The molecule has 0 spiro atoms. The van der Waals surface area contributed by atoms with Crippen molar-refractivity contribution in [1.29, 1.82) is 0 Å². The van der Waals surface area contributed by atoms with E-state index in [1.165, 1.54) is 0 Å². The van der Waals surface area contributed by atoms with Crippen molar-refractivity contribution in [2.45, 2.75) is 38.5 Å². The number of benzene rings is 3. The lowest BCUT2D eigenvalue weighted by molar-refractivity contribution is -0.122. The van der Waals surface area contributed by atoms with Crippen molar-refractivity contribution in [1.82, 2.24) is 50.3 Å². The van der Waals surface area contributed by atoms with E-state index in [9.17, 15) is 4.79 Å². The third kappa shape index (κ3) is 4.04. The predicted molar refractivity (Wildman–Crippen MR) is 134 cm³/mol. The van der Waals surface area contributed by atoms with Crippen molar-refractivity contribution < 1.29 is 4.79 Å². The SMILES string of the molecule is CC(CC(NC(=O)CCn1nnc2ccccc21)n1nnc2ccccc21)n1nnc2ccccc21. The Balaban J connectivity index is 1.25. The lowest BCUT2D eigenvalue weighted by atomic mass is 10.1. The topological polar surface area (TPSA) is 121 Å². The Kier molecular flexibility index (Phi) is 5.56. The maximum Gasteiger partial charge on any atom is 0.223 e. The highest BCUT2D eigenvalue weighted by Crippen LogP contribution is 2.25. The number of nitrogens with zero attached hydrogens (tertiary/aromatic N) is 9. The summed E-state index contributed by atoms with van der Waals surface area (Å²) in [4.78, 5) is 13.1. The second kappa shape index (κ2) is 9.17. The van der Waals surface area contributed by atoms with Gasteiger partial charge in [-0.25, -0.2) is 14.0 Å². The highest BCUT2D eigenvalue weighted by atomic mass is 16.1. The minimum absolute atomic E-state index is 0.0649. The Hall–Kier alpha value is -4.67. The first-order valence-corrected chi connectivity index (χ1v) is 11.8. The molecule has 2 atom stereocenters. The number of hydrogen-bond donors (Lipinski definition) is 1. The van der Waals surface area contributed by atoms with Gasteiger partial charge < -0.3 is 5.32 Å². The summed E-state index contributed by atoms with van der Waals surface area (Å²) in [6.07, 6.45) is 0.353. The lowest BCUT2D eigenvalue weighted by Crippen LogP contribution is -2.35. The van der Waals surface area contributed by atoms with Crippen LogP contribution in [0.15, 0.2) is 72.8 Å². The molecular formula is C25H24N10O. The van der Waals surface area contributed by atoms with E-state index in [1.807, 2.05) is 77.5 Å². The number of aryl methyl sites for hydroxylation is 1. The normalized spacial score (nSPS) is 13.4. The van der Waals surface area contributed by atoms with E-state index in [4.69, 9.17) is 0 Å². The molecule has 1 amide bonds. The third-order valence-corrected chi connectivity index (χ3v) is 6.33. The summed E-state index contributed by atoms with van der Waals surface area (Å²) in [6.45, 7) is 2.47. The van der Waals surface area contributed by atoms with Crippen LogP contribution in [0.1, 0.15) is 32.0 Å². The summed E-state index contributed by atoms with van der Waals surface area (Å²) < 4.78 is 5.40. The zero-order chi connectivity index (χ0) is 24.5. The van der Waals surface area contributed by atoms with Crippen LogP contribution in [0.3, 0.4) is 0 Å². The molecule has 1 N–H and O–H groups in total. The Labute approximate surface area is 205 Å². The molecule has 0 saturated heterocycles. The number of carbonyl (C=O) groups excluding carboxylic acids is 1. The van der Waals surface area contributed by atoms with Crippen LogP contribution < -0.4 is 5.32 Å². The largest absolute Gasteiger partial charge is 0.334 e. The van der Waals surface area contributed by atoms with E-state index in [2.05, 4.69) is 43.2 Å². The van der Waals surface area contributed by atoms with Crippen LogP contribution in [0.2, 0.25) is 0 Å². The van der Waals surface area contributed by atoms with Gasteiger partial charge in [0.25, 0.3) is 0 Å². The number of carbonyl (C=O) groups is 1. The van der Waals surface area contributed by atoms with E-state index in [0.29, 0.717) is 13.0 Å². The van der Waals surface area contributed by atoms with Crippen LogP contribution >= 0.6 is 0 Å². The molecule has 3 aromatic carbocycles. The van der Waals surface area contributed by atoms with Crippen molar-refractivity contribution in [3.05, 3.63) is 72.8 Å². The third-order valence-electron chi connectivity index (χ3n) is 6.33. The van der Waals surface area contributed by atoms with Gasteiger partial charge in [-0.3, -0.25) is 4.79 Å². The van der Waals surface area contributed by atoms with Gasteiger partial charge in [-0.15, -0.1) is 15.3 Å². The van der Waals surface area contributed by atoms with Crippen LogP contribution in [-0.2, 0) is 11.3 Å². The first-order valence-electron chi connectivity index (χ1n) is 11.8. The lowest BCUT2D eigenvalue weighted by Gasteiger charge is -2.23. The Morgan fingerprint density at radius 3 is 1.97 bits per heavy atom. The van der Waals surface area contributed by atoms with Crippen molar-refractivity contribution in [2.75, 3.05) is 0 Å². The van der Waals surface area contributed by atoms with Crippen LogP contribution in [0, 0.1) is 0 Å². The molecule has 0 bridgehead atoms. The number of para-hydroxylation sites is 3. The van der Waals surface area contributed by atoms with E-state index < -0.39 is 6.17 Å². The van der Waals surface area contributed by atoms with Crippen molar-refractivity contribution in [3.8, 4) is 0 Å². The minimum atomic E-state index is -0.435. The van der Waals surface area contributed by atoms with Crippen molar-refractivity contribution >= 4 is 39.0 Å². The van der Waals surface area contributed by atoms with Crippen LogP contribution in [-0.4, -0.2) is 50.9 Å². The van der Waals surface area contributed by atoms with E-state index >= 15 is 0 Å². The summed E-state index contributed by atoms with van der Waals surface area (Å²) in [5, 5.41) is 28.8. The van der Waals surface area contributed by atoms with Gasteiger partial charge in [-0.1, -0.05) is 52.0 Å². The fourth-order valence-electron chi connectivity index (χ4n) is 4.52. The number of rotatable bonds is 8. The molecular weight excluding hydrogens is 456 g/mol. The Morgan fingerprint density at radius 1 is 0.750 bits per heavy atom. The van der Waals surface area contributed by atoms with E-state index in [1.54, 1.807) is 9.36 Å². The van der Waals surface area contributed by atoms with Gasteiger partial charge in [0.15, 0.2) is 0 Å². The number of fused-ring (bicyclic) bond motifs is 3. The molecule has 6 rings (SSSR count). The molecule has 180 valence electrons. The second-order valence-electron chi connectivity index (χ2n) is 8.76. The van der Waals surface area contributed by atoms with Gasteiger partial charge in [0, 0.05) is 12.8 Å². The quantitative estimate of drug-likeness (QED) is 0.355. The molecule has 3 heterocycles. The summed E-state index contributed by atoms with van der Waals surface area (Å²) in [7, 11) is 0. The molecule has 6 aromatic rings. The zero-order valence-electron chi connectivity index (χ0n) is 19.6. The second-order valence-corrected chi connectivity index (χ2v) is 8.76. The summed E-state index contributed by atoms with van der Waals surface area (Å²) in [5.41, 5.74) is 5.09. The zero-order valence-corrected chi connectivity index (χ0v) is 19.6. The number of aromatic nitrogens is 9. The Bertz CT molecular complexity index is 1670. The summed E-state index contributed by atoms with van der Waals surface area (Å²) in [6, 6.07) is 23.2. The average molecular weight is 481 g/mol. The predicted octanol–water partition coefficient (Wildman–Crippen LogP) is 3.28. The van der Waals surface area contributed by atoms with Gasteiger partial charge in [-0.2, -0.15) is 0 Å². The first-order chi connectivity index (χ1) is 17.7. The van der Waals surface area contributed by atoms with Gasteiger partial charge in [-0.05, 0) is 43.3 Å². The molecule has 11 nitrogen and oxygen atoms in total. The molecule has 0 radical (unpaired) electrons. The highest BCUT2D eigenvalue weighted by molar-refractivity contribution is 5.78. The Morgan fingerprint density at radius 2 is 1.28 bits per heavy atom. The summed E-state index contributed by atoms with van der Waals surface area (Å²) >= 11 is 0. The fraction of sp³-hybridized carbons (Fsp3) is 0.240. The number of amides is 1. The molecule has 0 aliphatic rings. The monoisotopic (exact) mass is 480 g/mol. The molecule has 36 heavy (non-hydrogen) atoms. The average Bonchev–Trinajstić information content (AvgIpc) is 3.63. The molecule has 0 saturated carbocycles. The number of nitrogens with one attached hydrogen (secondary N) is 1. The highest BCUT2D eigenvalue weighted by Gasteiger charge is 2.23. The van der Waals surface area contributed by atoms with E-state index in [0.717, 1.165) is 33.1 Å². The maximum absolute atomic E-state index is 13.1. The number of hydrogen-bond acceptors (Lipinski definition) is 7. The fourth-order valence-corrected chi connectivity index (χ4v) is 4.52. The van der Waals surface area contributed by atoms with Gasteiger partial charge in [0.05, 0.1) is 29.1 Å². The smallest absolute Gasteiger partial charge is 0.223 e. The standard InChI is InChI=1S/C25H24N10O/c1-17(34-22-12-6-3-9-19(22)28-31-34)16-24(35-23-13-7-4-10-20(23)29-32-35)26-25(36)14-15-33-21-11-5-2-8-18(21)27-30-33/h2-13,17,24H,14-16H2,1H3,(H,26,36). The van der Waals surface area contributed by atoms with Crippen LogP contribution in [0.4, 0.5) is 0 Å². The van der Waals surface area contributed by atoms with Crippen LogP contribution in [0.25, 0.3) is 33.1 Å². The van der Waals surface area contributed by atoms with Gasteiger partial charge in [0.2, 0.25) is 5.91 Å². The molecule has 11 heteroatoms. The minimum Gasteiger partial charge on any atom is -0.334 e.